The van der Waals surface area contributed by atoms with Crippen molar-refractivity contribution in [2.45, 2.75) is 6.92 Å². The van der Waals surface area contributed by atoms with Gasteiger partial charge < -0.3 is 19.9 Å². The first-order valence-corrected chi connectivity index (χ1v) is 7.12. The van der Waals surface area contributed by atoms with E-state index in [1.54, 1.807) is 32.2 Å². The Morgan fingerprint density at radius 3 is 2.62 bits per heavy atom. The zero-order valence-corrected chi connectivity index (χ0v) is 13.1. The van der Waals surface area contributed by atoms with Gasteiger partial charge >= 0.3 is 0 Å². The van der Waals surface area contributed by atoms with Gasteiger partial charge in [-0.05, 0) is 19.1 Å². The highest BCUT2D eigenvalue weighted by molar-refractivity contribution is 6.04. The topological polar surface area (TPSA) is 102 Å². The van der Waals surface area contributed by atoms with E-state index >= 15 is 0 Å². The molecule has 2 N–H and O–H groups in total. The van der Waals surface area contributed by atoms with E-state index in [9.17, 15) is 4.79 Å². The van der Waals surface area contributed by atoms with Crippen molar-refractivity contribution in [3.8, 4) is 5.75 Å². The molecule has 0 saturated carbocycles. The van der Waals surface area contributed by atoms with Crippen molar-refractivity contribution in [1.29, 1.82) is 0 Å². The number of anilines is 3. The third kappa shape index (κ3) is 3.49. The third-order valence-corrected chi connectivity index (χ3v) is 3.14. The molecule has 24 heavy (non-hydrogen) atoms. The summed E-state index contributed by atoms with van der Waals surface area (Å²) in [4.78, 5) is 20.4. The zero-order chi connectivity index (χ0) is 16.9. The van der Waals surface area contributed by atoms with E-state index in [0.717, 1.165) is 0 Å². The number of hydrogen-bond donors (Lipinski definition) is 2. The quantitative estimate of drug-likeness (QED) is 0.743. The number of para-hydroxylation sites is 2. The van der Waals surface area contributed by atoms with Gasteiger partial charge in [0, 0.05) is 18.5 Å². The first kappa shape index (κ1) is 15.5. The van der Waals surface area contributed by atoms with Crippen molar-refractivity contribution in [3.63, 3.8) is 0 Å². The number of nitrogens with one attached hydrogen (secondary N) is 2. The predicted octanol–water partition coefficient (Wildman–Crippen LogP) is 2.78. The van der Waals surface area contributed by atoms with E-state index in [-0.39, 0.29) is 5.91 Å². The van der Waals surface area contributed by atoms with Crippen LogP contribution in [0.5, 0.6) is 5.75 Å². The molecule has 3 rings (SSSR count). The Morgan fingerprint density at radius 1 is 1.21 bits per heavy atom. The summed E-state index contributed by atoms with van der Waals surface area (Å²) in [5, 5.41) is 9.42. The zero-order valence-electron chi connectivity index (χ0n) is 13.1. The Balaban J connectivity index is 1.69. The molecular formula is C16H15N5O3. The Morgan fingerprint density at radius 2 is 1.96 bits per heavy atom. The van der Waals surface area contributed by atoms with E-state index in [2.05, 4.69) is 25.8 Å². The molecular weight excluding hydrogens is 310 g/mol. The molecule has 0 aliphatic carbocycles. The highest BCUT2D eigenvalue weighted by atomic mass is 16.5. The van der Waals surface area contributed by atoms with Crippen molar-refractivity contribution >= 4 is 23.4 Å². The SMILES string of the molecule is COc1ccccc1NC(=O)c1cnc(Nc2cc(C)on2)nc1. The summed E-state index contributed by atoms with van der Waals surface area (Å²) >= 11 is 0. The van der Waals surface area contributed by atoms with Crippen molar-refractivity contribution < 1.29 is 14.1 Å². The van der Waals surface area contributed by atoms with Crippen LogP contribution >= 0.6 is 0 Å². The van der Waals surface area contributed by atoms with Crippen LogP contribution in [-0.4, -0.2) is 28.1 Å². The lowest BCUT2D eigenvalue weighted by molar-refractivity contribution is 0.102. The summed E-state index contributed by atoms with van der Waals surface area (Å²) < 4.78 is 10.1. The molecule has 8 heteroatoms. The molecule has 122 valence electrons. The number of ether oxygens (including phenoxy) is 1. The van der Waals surface area contributed by atoms with Crippen LogP contribution in [0.1, 0.15) is 16.1 Å². The Labute approximate surface area is 137 Å². The fourth-order valence-electron chi connectivity index (χ4n) is 1.99. The monoisotopic (exact) mass is 325 g/mol. The fraction of sp³-hybridized carbons (Fsp3) is 0.125. The van der Waals surface area contributed by atoms with Crippen LogP contribution in [0.15, 0.2) is 47.2 Å². The third-order valence-electron chi connectivity index (χ3n) is 3.14. The molecule has 1 amide bonds. The van der Waals surface area contributed by atoms with E-state index < -0.39 is 0 Å². The van der Waals surface area contributed by atoms with E-state index in [1.165, 1.54) is 12.4 Å². The number of rotatable bonds is 5. The molecule has 2 heterocycles. The minimum atomic E-state index is -0.330. The molecule has 0 spiro atoms. The number of hydrogen-bond acceptors (Lipinski definition) is 7. The van der Waals surface area contributed by atoms with Crippen LogP contribution in [0.2, 0.25) is 0 Å². The van der Waals surface area contributed by atoms with Crippen LogP contribution in [-0.2, 0) is 0 Å². The van der Waals surface area contributed by atoms with Gasteiger partial charge in [-0.2, -0.15) is 0 Å². The van der Waals surface area contributed by atoms with Crippen LogP contribution < -0.4 is 15.4 Å². The molecule has 0 aliphatic heterocycles. The molecule has 0 bridgehead atoms. The Bertz CT molecular complexity index is 845. The molecule has 8 nitrogen and oxygen atoms in total. The molecule has 1 aromatic carbocycles. The van der Waals surface area contributed by atoms with Gasteiger partial charge in [-0.3, -0.25) is 4.79 Å². The second-order valence-corrected chi connectivity index (χ2v) is 4.90. The Kier molecular flexibility index (Phi) is 4.37. The van der Waals surface area contributed by atoms with Gasteiger partial charge in [-0.15, -0.1) is 0 Å². The number of methoxy groups -OCH3 is 1. The summed E-state index contributed by atoms with van der Waals surface area (Å²) in [5.41, 5.74) is 0.896. The standard InChI is InChI=1S/C16H15N5O3/c1-10-7-14(21-24-10)20-16-17-8-11(9-18-16)15(22)19-12-5-3-4-6-13(12)23-2/h3-9H,1-2H3,(H,19,22)(H,17,18,20,21). The van der Waals surface area contributed by atoms with E-state index in [1.807, 2.05) is 12.1 Å². The van der Waals surface area contributed by atoms with Crippen molar-refractivity contribution in [1.82, 2.24) is 15.1 Å². The normalized spacial score (nSPS) is 10.2. The lowest BCUT2D eigenvalue weighted by Crippen LogP contribution is -2.13. The number of nitrogens with zero attached hydrogens (tertiary/aromatic N) is 3. The largest absolute Gasteiger partial charge is 0.495 e. The van der Waals surface area contributed by atoms with Crippen molar-refractivity contribution in [3.05, 3.63) is 54.0 Å². The van der Waals surface area contributed by atoms with Gasteiger partial charge in [0.05, 0.1) is 18.4 Å². The molecule has 0 saturated heterocycles. The first-order valence-electron chi connectivity index (χ1n) is 7.12. The number of carbonyl (C=O) groups is 1. The highest BCUT2D eigenvalue weighted by Gasteiger charge is 2.11. The molecule has 0 aliphatic rings. The van der Waals surface area contributed by atoms with Gasteiger partial charge in [0.15, 0.2) is 5.82 Å². The minimum Gasteiger partial charge on any atom is -0.495 e. The number of aromatic nitrogens is 3. The molecule has 2 aromatic heterocycles. The molecule has 0 unspecified atom stereocenters. The smallest absolute Gasteiger partial charge is 0.258 e. The van der Waals surface area contributed by atoms with Crippen molar-refractivity contribution in [2.75, 3.05) is 17.7 Å². The fourth-order valence-corrected chi connectivity index (χ4v) is 1.99. The van der Waals surface area contributed by atoms with Gasteiger partial charge in [0.1, 0.15) is 11.5 Å². The van der Waals surface area contributed by atoms with Crippen molar-refractivity contribution in [2.24, 2.45) is 0 Å². The van der Waals surface area contributed by atoms with Crippen LogP contribution in [0.3, 0.4) is 0 Å². The summed E-state index contributed by atoms with van der Waals surface area (Å²) in [5.74, 6) is 1.73. The van der Waals surface area contributed by atoms with Crippen LogP contribution in [0.25, 0.3) is 0 Å². The van der Waals surface area contributed by atoms with Crippen LogP contribution in [0, 0.1) is 6.92 Å². The van der Waals surface area contributed by atoms with Gasteiger partial charge in [0.25, 0.3) is 5.91 Å². The number of benzene rings is 1. The summed E-state index contributed by atoms with van der Waals surface area (Å²) in [6.45, 7) is 1.78. The minimum absolute atomic E-state index is 0.317. The first-order chi connectivity index (χ1) is 11.7. The number of carbonyl (C=O) groups excluding carboxylic acids is 1. The summed E-state index contributed by atoms with van der Waals surface area (Å²) in [7, 11) is 1.54. The predicted molar refractivity (Wildman–Crippen MR) is 87.5 cm³/mol. The highest BCUT2D eigenvalue weighted by Crippen LogP contribution is 2.23. The molecule has 0 atom stereocenters. The maximum Gasteiger partial charge on any atom is 0.258 e. The molecule has 3 aromatic rings. The number of aryl methyl sites for hydroxylation is 1. The average Bonchev–Trinajstić information content (AvgIpc) is 3.01. The molecule has 0 radical (unpaired) electrons. The van der Waals surface area contributed by atoms with E-state index in [0.29, 0.717) is 34.5 Å². The lowest BCUT2D eigenvalue weighted by Gasteiger charge is -2.09. The number of amides is 1. The van der Waals surface area contributed by atoms with E-state index in [4.69, 9.17) is 9.26 Å². The van der Waals surface area contributed by atoms with Gasteiger partial charge in [-0.25, -0.2) is 9.97 Å². The second-order valence-electron chi connectivity index (χ2n) is 4.90. The molecule has 0 fully saturated rings. The average molecular weight is 325 g/mol. The summed E-state index contributed by atoms with van der Waals surface area (Å²) in [6.07, 6.45) is 2.85. The van der Waals surface area contributed by atoms with Gasteiger partial charge in [-0.1, -0.05) is 17.3 Å². The van der Waals surface area contributed by atoms with Crippen LogP contribution in [0.4, 0.5) is 17.5 Å². The van der Waals surface area contributed by atoms with Gasteiger partial charge in [0.2, 0.25) is 5.95 Å². The lowest BCUT2D eigenvalue weighted by atomic mass is 10.2. The second kappa shape index (κ2) is 6.78. The Hall–Kier alpha value is -3.42. The maximum absolute atomic E-state index is 12.3. The maximum atomic E-state index is 12.3. The summed E-state index contributed by atoms with van der Waals surface area (Å²) in [6, 6.07) is 8.86.